The highest BCUT2D eigenvalue weighted by Gasteiger charge is 2.18. The molecule has 0 aliphatic heterocycles. The maximum absolute atomic E-state index is 12.7. The minimum absolute atomic E-state index is 0.0210. The van der Waals surface area contributed by atoms with Crippen LogP contribution in [0.15, 0.2) is 78.2 Å². The number of hydrogen-bond acceptors (Lipinski definition) is 5. The van der Waals surface area contributed by atoms with E-state index in [1.807, 2.05) is 78.5 Å². The summed E-state index contributed by atoms with van der Waals surface area (Å²) in [4.78, 5) is 14.4. The van der Waals surface area contributed by atoms with Crippen molar-refractivity contribution in [2.24, 2.45) is 7.05 Å². The van der Waals surface area contributed by atoms with E-state index in [0.717, 1.165) is 22.6 Å². The Morgan fingerprint density at radius 2 is 1.73 bits per heavy atom. The molecule has 0 bridgehead atoms. The molecule has 0 unspecified atom stereocenters. The van der Waals surface area contributed by atoms with Crippen molar-refractivity contribution in [2.45, 2.75) is 11.7 Å². The molecule has 0 aliphatic rings. The molecule has 7 nitrogen and oxygen atoms in total. The van der Waals surface area contributed by atoms with Crippen molar-refractivity contribution in [1.29, 1.82) is 0 Å². The first-order valence-electron chi connectivity index (χ1n) is 9.52. The van der Waals surface area contributed by atoms with Crippen molar-refractivity contribution in [2.75, 3.05) is 12.8 Å². The Bertz CT molecular complexity index is 1120. The normalized spacial score (nSPS) is 10.9. The van der Waals surface area contributed by atoms with Gasteiger partial charge in [0.2, 0.25) is 5.91 Å². The Balaban J connectivity index is 1.54. The second kappa shape index (κ2) is 8.96. The highest BCUT2D eigenvalue weighted by molar-refractivity contribution is 7.99. The molecule has 2 aromatic carbocycles. The zero-order valence-corrected chi connectivity index (χ0v) is 17.7. The second-order valence-corrected chi connectivity index (χ2v) is 7.85. The number of rotatable bonds is 7. The Morgan fingerprint density at radius 1 is 1.03 bits per heavy atom. The molecule has 0 saturated carbocycles. The summed E-state index contributed by atoms with van der Waals surface area (Å²) in [6.45, 7) is 0.522. The van der Waals surface area contributed by atoms with E-state index < -0.39 is 0 Å². The van der Waals surface area contributed by atoms with E-state index in [1.165, 1.54) is 11.8 Å². The van der Waals surface area contributed by atoms with E-state index in [-0.39, 0.29) is 11.7 Å². The van der Waals surface area contributed by atoms with Crippen LogP contribution < -0.4 is 0 Å². The maximum Gasteiger partial charge on any atom is 0.233 e. The van der Waals surface area contributed by atoms with Gasteiger partial charge in [0.05, 0.1) is 11.9 Å². The fraction of sp³-hybridized carbons (Fsp3) is 0.182. The fourth-order valence-corrected chi connectivity index (χ4v) is 3.99. The Kier molecular flexibility index (Phi) is 5.94. The number of carbonyl (C=O) groups is 1. The molecule has 0 radical (unpaired) electrons. The molecule has 1 amide bonds. The summed E-state index contributed by atoms with van der Waals surface area (Å²) < 4.78 is 3.73. The van der Waals surface area contributed by atoms with Crippen LogP contribution in [0.2, 0.25) is 0 Å². The standard InChI is InChI=1S/C22H22N6OS/c1-26(14-17-13-23-27(2)15-17)20(29)16-30-22-25-24-21(18-9-5-3-6-10-18)28(22)19-11-7-4-8-12-19/h3-13,15H,14,16H2,1-2H3. The van der Waals surface area contributed by atoms with E-state index in [0.29, 0.717) is 11.7 Å². The van der Waals surface area contributed by atoms with Gasteiger partial charge in [0.15, 0.2) is 11.0 Å². The summed E-state index contributed by atoms with van der Waals surface area (Å²) >= 11 is 1.39. The monoisotopic (exact) mass is 418 g/mol. The summed E-state index contributed by atoms with van der Waals surface area (Å²) in [5.74, 6) is 1.05. The summed E-state index contributed by atoms with van der Waals surface area (Å²) in [6.07, 6.45) is 3.68. The molecule has 0 spiro atoms. The quantitative estimate of drug-likeness (QED) is 0.430. The van der Waals surface area contributed by atoms with E-state index in [1.54, 1.807) is 22.8 Å². The number of carbonyl (C=O) groups excluding carboxylic acids is 1. The SMILES string of the molecule is CN(Cc1cnn(C)c1)C(=O)CSc1nnc(-c2ccccc2)n1-c1ccccc1. The molecule has 152 valence electrons. The molecule has 0 fully saturated rings. The Labute approximate surface area is 179 Å². The summed E-state index contributed by atoms with van der Waals surface area (Å²) in [7, 11) is 3.66. The lowest BCUT2D eigenvalue weighted by atomic mass is 10.2. The van der Waals surface area contributed by atoms with E-state index >= 15 is 0 Å². The topological polar surface area (TPSA) is 68.8 Å². The van der Waals surface area contributed by atoms with Crippen molar-refractivity contribution in [3.63, 3.8) is 0 Å². The molecule has 2 aromatic heterocycles. The van der Waals surface area contributed by atoms with Crippen LogP contribution in [0.4, 0.5) is 0 Å². The molecule has 8 heteroatoms. The van der Waals surface area contributed by atoms with E-state index in [4.69, 9.17) is 0 Å². The van der Waals surface area contributed by atoms with Gasteiger partial charge in [-0.2, -0.15) is 5.10 Å². The first kappa shape index (κ1) is 19.9. The smallest absolute Gasteiger partial charge is 0.233 e. The van der Waals surface area contributed by atoms with Crippen LogP contribution in [0, 0.1) is 0 Å². The third-order valence-electron chi connectivity index (χ3n) is 4.61. The lowest BCUT2D eigenvalue weighted by molar-refractivity contribution is -0.127. The van der Waals surface area contributed by atoms with Gasteiger partial charge in [-0.3, -0.25) is 14.0 Å². The zero-order chi connectivity index (χ0) is 20.9. The number of benzene rings is 2. The molecule has 30 heavy (non-hydrogen) atoms. The highest BCUT2D eigenvalue weighted by Crippen LogP contribution is 2.28. The van der Waals surface area contributed by atoms with Crippen molar-refractivity contribution >= 4 is 17.7 Å². The third kappa shape index (κ3) is 4.44. The highest BCUT2D eigenvalue weighted by atomic mass is 32.2. The van der Waals surface area contributed by atoms with Gasteiger partial charge in [-0.15, -0.1) is 10.2 Å². The molecule has 4 aromatic rings. The number of amides is 1. The van der Waals surface area contributed by atoms with Crippen LogP contribution in [0.25, 0.3) is 17.1 Å². The number of nitrogens with zero attached hydrogens (tertiary/aromatic N) is 6. The number of aromatic nitrogens is 5. The number of thioether (sulfide) groups is 1. The van der Waals surface area contributed by atoms with Gasteiger partial charge in [-0.25, -0.2) is 0 Å². The summed E-state index contributed by atoms with van der Waals surface area (Å²) in [6, 6.07) is 19.9. The van der Waals surface area contributed by atoms with Gasteiger partial charge in [-0.05, 0) is 12.1 Å². The summed E-state index contributed by atoms with van der Waals surface area (Å²) in [5.41, 5.74) is 2.93. The second-order valence-electron chi connectivity index (χ2n) is 6.90. The van der Waals surface area contributed by atoms with Crippen molar-refractivity contribution in [3.8, 4) is 17.1 Å². The van der Waals surface area contributed by atoms with Crippen LogP contribution in [0.5, 0.6) is 0 Å². The van der Waals surface area contributed by atoms with Crippen LogP contribution in [-0.4, -0.2) is 48.2 Å². The molecule has 0 atom stereocenters. The molecule has 0 aliphatic carbocycles. The number of aryl methyl sites for hydroxylation is 1. The van der Waals surface area contributed by atoms with Crippen LogP contribution in [0.1, 0.15) is 5.56 Å². The van der Waals surface area contributed by atoms with Crippen molar-refractivity contribution in [3.05, 3.63) is 78.6 Å². The Hall–Kier alpha value is -3.39. The van der Waals surface area contributed by atoms with Crippen LogP contribution >= 0.6 is 11.8 Å². The number of hydrogen-bond donors (Lipinski definition) is 0. The van der Waals surface area contributed by atoms with Gasteiger partial charge in [0.1, 0.15) is 0 Å². The predicted octanol–water partition coefficient (Wildman–Crippen LogP) is 3.42. The minimum Gasteiger partial charge on any atom is -0.341 e. The molecular weight excluding hydrogens is 396 g/mol. The van der Waals surface area contributed by atoms with Crippen LogP contribution in [-0.2, 0) is 18.4 Å². The van der Waals surface area contributed by atoms with E-state index in [2.05, 4.69) is 15.3 Å². The average molecular weight is 419 g/mol. The van der Waals surface area contributed by atoms with Crippen molar-refractivity contribution in [1.82, 2.24) is 29.4 Å². The Morgan fingerprint density at radius 3 is 2.40 bits per heavy atom. The fourth-order valence-electron chi connectivity index (χ4n) is 3.10. The zero-order valence-electron chi connectivity index (χ0n) is 16.8. The molecule has 4 rings (SSSR count). The molecule has 0 N–H and O–H groups in total. The van der Waals surface area contributed by atoms with Crippen molar-refractivity contribution < 1.29 is 4.79 Å². The first-order chi connectivity index (χ1) is 14.6. The van der Waals surface area contributed by atoms with E-state index in [9.17, 15) is 4.79 Å². The van der Waals surface area contributed by atoms with Gasteiger partial charge >= 0.3 is 0 Å². The first-order valence-corrected chi connectivity index (χ1v) is 10.5. The molecule has 2 heterocycles. The largest absolute Gasteiger partial charge is 0.341 e. The lowest BCUT2D eigenvalue weighted by Crippen LogP contribution is -2.27. The molecule has 0 saturated heterocycles. The summed E-state index contributed by atoms with van der Waals surface area (Å²) in [5, 5.41) is 13.6. The van der Waals surface area contributed by atoms with Gasteiger partial charge in [0.25, 0.3) is 0 Å². The number of para-hydroxylation sites is 1. The van der Waals surface area contributed by atoms with Gasteiger partial charge < -0.3 is 4.90 Å². The lowest BCUT2D eigenvalue weighted by Gasteiger charge is -2.16. The molecular formula is C22H22N6OS. The van der Waals surface area contributed by atoms with Gasteiger partial charge in [-0.1, -0.05) is 60.3 Å². The maximum atomic E-state index is 12.7. The van der Waals surface area contributed by atoms with Crippen LogP contribution in [0.3, 0.4) is 0 Å². The minimum atomic E-state index is 0.0210. The predicted molar refractivity (Wildman–Crippen MR) is 117 cm³/mol. The van der Waals surface area contributed by atoms with Gasteiger partial charge in [0, 0.05) is 43.7 Å². The average Bonchev–Trinajstić information content (AvgIpc) is 3.39. The third-order valence-corrected chi connectivity index (χ3v) is 5.52.